The van der Waals surface area contributed by atoms with Crippen molar-refractivity contribution in [1.29, 1.82) is 0 Å². The van der Waals surface area contributed by atoms with Gasteiger partial charge < -0.3 is 18.9 Å². The Labute approximate surface area is 179 Å². The molecule has 0 radical (unpaired) electrons. The molecular weight excluding hydrogens is 380 g/mol. The zero-order chi connectivity index (χ0) is 21.2. The van der Waals surface area contributed by atoms with Crippen molar-refractivity contribution < 1.29 is 23.7 Å². The molecule has 3 rings (SSSR count). The van der Waals surface area contributed by atoms with Crippen molar-refractivity contribution in [3.8, 4) is 5.75 Å². The maximum Gasteiger partial charge on any atom is 0.338 e. The molecule has 30 heavy (non-hydrogen) atoms. The van der Waals surface area contributed by atoms with Crippen molar-refractivity contribution in [2.24, 2.45) is 0 Å². The van der Waals surface area contributed by atoms with Crippen LogP contribution in [0.4, 0.5) is 0 Å². The van der Waals surface area contributed by atoms with E-state index in [2.05, 4.69) is 13.0 Å². The van der Waals surface area contributed by atoms with Crippen LogP contribution >= 0.6 is 0 Å². The Balaban J connectivity index is 1.69. The van der Waals surface area contributed by atoms with Gasteiger partial charge >= 0.3 is 5.97 Å². The second-order valence-electron chi connectivity index (χ2n) is 7.57. The van der Waals surface area contributed by atoms with E-state index in [1.54, 1.807) is 6.07 Å². The summed E-state index contributed by atoms with van der Waals surface area (Å²) in [7, 11) is 1.38. The quantitative estimate of drug-likeness (QED) is 0.460. The molecule has 0 amide bonds. The largest absolute Gasteiger partial charge is 0.489 e. The molecule has 2 aromatic rings. The summed E-state index contributed by atoms with van der Waals surface area (Å²) in [5, 5.41) is 0. The van der Waals surface area contributed by atoms with Crippen LogP contribution in [0.5, 0.6) is 5.75 Å². The molecule has 5 nitrogen and oxygen atoms in total. The smallest absolute Gasteiger partial charge is 0.338 e. The van der Waals surface area contributed by atoms with Crippen molar-refractivity contribution in [1.82, 2.24) is 0 Å². The third-order valence-electron chi connectivity index (χ3n) is 5.32. The summed E-state index contributed by atoms with van der Waals surface area (Å²) in [6, 6.07) is 15.4. The van der Waals surface area contributed by atoms with Gasteiger partial charge in [-0.2, -0.15) is 0 Å². The second-order valence-corrected chi connectivity index (χ2v) is 7.57. The highest BCUT2D eigenvalue weighted by molar-refractivity contribution is 5.90. The third-order valence-corrected chi connectivity index (χ3v) is 5.32. The highest BCUT2D eigenvalue weighted by Crippen LogP contribution is 2.30. The number of esters is 1. The first-order valence-corrected chi connectivity index (χ1v) is 10.9. The average molecular weight is 413 g/mol. The molecule has 1 saturated heterocycles. The van der Waals surface area contributed by atoms with Crippen LogP contribution in [0.2, 0.25) is 0 Å². The van der Waals surface area contributed by atoms with Crippen LogP contribution in [0, 0.1) is 0 Å². The fraction of sp³-hybridized carbons (Fsp3) is 0.480. The molecule has 1 aliphatic heterocycles. The van der Waals surface area contributed by atoms with Crippen LogP contribution in [-0.4, -0.2) is 26.0 Å². The highest BCUT2D eigenvalue weighted by Gasteiger charge is 2.21. The zero-order valence-corrected chi connectivity index (χ0v) is 18.0. The van der Waals surface area contributed by atoms with Gasteiger partial charge in [0.2, 0.25) is 0 Å². The van der Waals surface area contributed by atoms with Crippen LogP contribution in [0.25, 0.3) is 0 Å². The van der Waals surface area contributed by atoms with Crippen molar-refractivity contribution in [3.63, 3.8) is 0 Å². The molecule has 1 aliphatic rings. The van der Waals surface area contributed by atoms with Crippen molar-refractivity contribution in [2.45, 2.75) is 64.4 Å². The highest BCUT2D eigenvalue weighted by atomic mass is 16.7. The number of rotatable bonds is 10. The monoisotopic (exact) mass is 412 g/mol. The molecular formula is C25H32O5. The van der Waals surface area contributed by atoms with Gasteiger partial charge in [0.25, 0.3) is 0 Å². The molecule has 0 aliphatic carbocycles. The van der Waals surface area contributed by atoms with Crippen molar-refractivity contribution in [2.75, 3.05) is 13.7 Å². The number of carbonyl (C=O) groups is 1. The average Bonchev–Trinajstić information content (AvgIpc) is 2.81. The standard InChI is InChI=1S/C25H32O5/c1-3-4-14-23(30-24-15-7-8-16-28-24)19-11-9-12-21(17-19)29-18-20-10-5-6-13-22(20)25(26)27-2/h5-6,9-13,17,23-24H,3-4,7-8,14-16,18H2,1-2H3. The summed E-state index contributed by atoms with van der Waals surface area (Å²) < 4.78 is 23.0. The predicted octanol–water partition coefficient (Wildman–Crippen LogP) is 5.83. The molecule has 2 aromatic carbocycles. The minimum atomic E-state index is -0.358. The summed E-state index contributed by atoms with van der Waals surface area (Å²) in [6.45, 7) is 3.25. The minimum Gasteiger partial charge on any atom is -0.489 e. The molecule has 0 spiro atoms. The first-order valence-electron chi connectivity index (χ1n) is 10.9. The van der Waals surface area contributed by atoms with E-state index >= 15 is 0 Å². The van der Waals surface area contributed by atoms with E-state index in [1.807, 2.05) is 36.4 Å². The van der Waals surface area contributed by atoms with Crippen LogP contribution in [0.15, 0.2) is 48.5 Å². The Morgan fingerprint density at radius 1 is 1.17 bits per heavy atom. The predicted molar refractivity (Wildman–Crippen MR) is 115 cm³/mol. The first kappa shape index (κ1) is 22.3. The molecule has 5 heteroatoms. The lowest BCUT2D eigenvalue weighted by molar-refractivity contribution is -0.191. The van der Waals surface area contributed by atoms with E-state index in [9.17, 15) is 4.79 Å². The van der Waals surface area contributed by atoms with Gasteiger partial charge in [0, 0.05) is 12.2 Å². The second kappa shape index (κ2) is 11.7. The van der Waals surface area contributed by atoms with Crippen LogP contribution in [0.1, 0.15) is 73.0 Å². The molecule has 0 saturated carbocycles. The van der Waals surface area contributed by atoms with E-state index in [4.69, 9.17) is 18.9 Å². The van der Waals surface area contributed by atoms with Gasteiger partial charge in [-0.15, -0.1) is 0 Å². The molecule has 1 heterocycles. The topological polar surface area (TPSA) is 54.0 Å². The van der Waals surface area contributed by atoms with Crippen LogP contribution in [-0.2, 0) is 20.8 Å². The maximum absolute atomic E-state index is 12.0. The Morgan fingerprint density at radius 3 is 2.80 bits per heavy atom. The number of hydrogen-bond acceptors (Lipinski definition) is 5. The van der Waals surface area contributed by atoms with E-state index in [0.717, 1.165) is 62.0 Å². The number of hydrogen-bond donors (Lipinski definition) is 0. The summed E-state index contributed by atoms with van der Waals surface area (Å²) in [6.07, 6.45) is 6.22. The molecule has 0 aromatic heterocycles. The van der Waals surface area contributed by atoms with Crippen LogP contribution in [0.3, 0.4) is 0 Å². The lowest BCUT2D eigenvalue weighted by atomic mass is 10.0. The van der Waals surface area contributed by atoms with Gasteiger partial charge in [-0.25, -0.2) is 4.79 Å². The van der Waals surface area contributed by atoms with Gasteiger partial charge in [0.1, 0.15) is 12.4 Å². The Kier molecular flexibility index (Phi) is 8.72. The summed E-state index contributed by atoms with van der Waals surface area (Å²) in [5.74, 6) is 0.394. The van der Waals surface area contributed by atoms with E-state index in [0.29, 0.717) is 12.2 Å². The number of unbranched alkanes of at least 4 members (excludes halogenated alkanes) is 1. The number of benzene rings is 2. The minimum absolute atomic E-state index is 0.0149. The third kappa shape index (κ3) is 6.31. The fourth-order valence-corrected chi connectivity index (χ4v) is 3.63. The molecule has 0 bridgehead atoms. The number of carbonyl (C=O) groups excluding carboxylic acids is 1. The Morgan fingerprint density at radius 2 is 2.03 bits per heavy atom. The first-order chi connectivity index (χ1) is 14.7. The fourth-order valence-electron chi connectivity index (χ4n) is 3.63. The van der Waals surface area contributed by atoms with Crippen molar-refractivity contribution in [3.05, 3.63) is 65.2 Å². The molecule has 162 valence electrons. The lowest BCUT2D eigenvalue weighted by Crippen LogP contribution is -2.24. The van der Waals surface area contributed by atoms with Gasteiger partial charge in [-0.3, -0.25) is 0 Å². The summed E-state index contributed by atoms with van der Waals surface area (Å²) >= 11 is 0. The number of ether oxygens (including phenoxy) is 4. The molecule has 0 N–H and O–H groups in total. The van der Waals surface area contributed by atoms with E-state index in [-0.39, 0.29) is 18.4 Å². The van der Waals surface area contributed by atoms with Gasteiger partial charge in [0.05, 0.1) is 18.8 Å². The van der Waals surface area contributed by atoms with E-state index < -0.39 is 0 Å². The van der Waals surface area contributed by atoms with Gasteiger partial charge in [0.15, 0.2) is 6.29 Å². The SMILES string of the molecule is CCCCC(OC1CCCCO1)c1cccc(OCc2ccccc2C(=O)OC)c1. The van der Waals surface area contributed by atoms with E-state index in [1.165, 1.54) is 7.11 Å². The zero-order valence-electron chi connectivity index (χ0n) is 18.0. The number of methoxy groups -OCH3 is 1. The Bertz CT molecular complexity index is 798. The summed E-state index contributed by atoms with van der Waals surface area (Å²) in [5.41, 5.74) is 2.41. The summed E-state index contributed by atoms with van der Waals surface area (Å²) in [4.78, 5) is 12.0. The van der Waals surface area contributed by atoms with Gasteiger partial charge in [-0.05, 0) is 49.4 Å². The van der Waals surface area contributed by atoms with Gasteiger partial charge in [-0.1, -0.05) is 50.1 Å². The molecule has 1 fully saturated rings. The van der Waals surface area contributed by atoms with Crippen molar-refractivity contribution >= 4 is 5.97 Å². The molecule has 2 unspecified atom stereocenters. The lowest BCUT2D eigenvalue weighted by Gasteiger charge is -2.28. The normalized spacial score (nSPS) is 17.3. The van der Waals surface area contributed by atoms with Crippen LogP contribution < -0.4 is 4.74 Å². The Hall–Kier alpha value is -2.37. The molecule has 2 atom stereocenters. The maximum atomic E-state index is 12.0.